The molecule has 0 unspecified atom stereocenters. The molecular weight excluding hydrogens is 200 g/mol. The average Bonchev–Trinajstić information content (AvgIpc) is 2.00. The molecule has 0 saturated heterocycles. The summed E-state index contributed by atoms with van der Waals surface area (Å²) in [6.07, 6.45) is 1.36. The molecule has 84 valence electrons. The van der Waals surface area contributed by atoms with Crippen molar-refractivity contribution in [1.82, 2.24) is 10.7 Å². The van der Waals surface area contributed by atoms with Crippen molar-refractivity contribution in [3.05, 3.63) is 0 Å². The van der Waals surface area contributed by atoms with Crippen LogP contribution in [0.1, 0.15) is 20.3 Å². The van der Waals surface area contributed by atoms with Crippen LogP contribution in [0.2, 0.25) is 0 Å². The Labute approximate surface area is 87.1 Å². The van der Waals surface area contributed by atoms with Crippen molar-refractivity contribution in [2.24, 2.45) is 10.8 Å². The van der Waals surface area contributed by atoms with Gasteiger partial charge in [0.1, 0.15) is 5.78 Å². The van der Waals surface area contributed by atoms with E-state index in [4.69, 9.17) is 5.73 Å². The van der Waals surface area contributed by atoms with Gasteiger partial charge in [0.15, 0.2) is 0 Å². The summed E-state index contributed by atoms with van der Waals surface area (Å²) in [4.78, 5) is 31.8. The second-order valence-electron chi connectivity index (χ2n) is 2.97. The lowest BCUT2D eigenvalue weighted by atomic mass is 10.2. The largest absolute Gasteiger partial charge is 0.350 e. The van der Waals surface area contributed by atoms with Crippen LogP contribution in [0.4, 0.5) is 4.79 Å². The zero-order chi connectivity index (χ0) is 11.8. The van der Waals surface area contributed by atoms with Gasteiger partial charge in [0.25, 0.3) is 0 Å². The van der Waals surface area contributed by atoms with Crippen molar-refractivity contribution < 1.29 is 14.4 Å². The SMILES string of the molecule is CC(=O)C[C@@H](/C=N/NC(N)=O)NC(C)=O. The standard InChI is InChI=1S/C8H14N4O3/c1-5(13)3-7(11-6(2)14)4-10-12-8(9)15/h4,7H,3H2,1-2H3,(H,11,14)(H3,9,12,15)/b10-4+/t7-/m0/s1. The Kier molecular flexibility index (Phi) is 5.69. The first-order chi connectivity index (χ1) is 6.91. The number of hydrogen-bond acceptors (Lipinski definition) is 4. The van der Waals surface area contributed by atoms with E-state index in [0.29, 0.717) is 0 Å². The minimum absolute atomic E-state index is 0.0979. The highest BCUT2D eigenvalue weighted by Gasteiger charge is 2.09. The van der Waals surface area contributed by atoms with E-state index in [1.165, 1.54) is 20.1 Å². The number of carbonyl (C=O) groups excluding carboxylic acids is 3. The van der Waals surface area contributed by atoms with E-state index in [-0.39, 0.29) is 18.1 Å². The van der Waals surface area contributed by atoms with Gasteiger partial charge in [0, 0.05) is 19.6 Å². The van der Waals surface area contributed by atoms with E-state index in [0.717, 1.165) is 0 Å². The Bertz CT molecular complexity index is 272. The lowest BCUT2D eigenvalue weighted by Gasteiger charge is -2.10. The van der Waals surface area contributed by atoms with Crippen LogP contribution < -0.4 is 16.5 Å². The minimum atomic E-state index is -0.810. The number of nitrogens with two attached hydrogens (primary N) is 1. The van der Waals surface area contributed by atoms with Crippen LogP contribution in [-0.2, 0) is 9.59 Å². The Hall–Kier alpha value is -1.92. The zero-order valence-electron chi connectivity index (χ0n) is 8.61. The molecular formula is C8H14N4O3. The first-order valence-electron chi connectivity index (χ1n) is 4.27. The fraction of sp³-hybridized carbons (Fsp3) is 0.500. The van der Waals surface area contributed by atoms with Crippen molar-refractivity contribution in [3.8, 4) is 0 Å². The number of carbonyl (C=O) groups is 3. The van der Waals surface area contributed by atoms with Crippen molar-refractivity contribution in [1.29, 1.82) is 0 Å². The maximum Gasteiger partial charge on any atom is 0.332 e. The molecule has 7 heteroatoms. The number of amides is 3. The van der Waals surface area contributed by atoms with Crippen molar-refractivity contribution in [3.63, 3.8) is 0 Å². The highest BCUT2D eigenvalue weighted by atomic mass is 16.2. The molecule has 3 amide bonds. The molecule has 0 aromatic rings. The monoisotopic (exact) mass is 214 g/mol. The van der Waals surface area contributed by atoms with Crippen molar-refractivity contribution >= 4 is 23.9 Å². The zero-order valence-corrected chi connectivity index (χ0v) is 8.61. The van der Waals surface area contributed by atoms with Crippen LogP contribution in [0.25, 0.3) is 0 Å². The normalized spacial score (nSPS) is 12.1. The fourth-order valence-electron chi connectivity index (χ4n) is 0.903. The van der Waals surface area contributed by atoms with Crippen LogP contribution in [0.15, 0.2) is 5.10 Å². The maximum atomic E-state index is 10.8. The molecule has 0 aliphatic heterocycles. The number of hydrazone groups is 1. The van der Waals surface area contributed by atoms with Gasteiger partial charge in [0.05, 0.1) is 6.04 Å². The Morgan fingerprint density at radius 2 is 2.00 bits per heavy atom. The topological polar surface area (TPSA) is 114 Å². The third-order valence-electron chi connectivity index (χ3n) is 1.33. The molecule has 0 aliphatic rings. The smallest absolute Gasteiger partial charge is 0.332 e. The van der Waals surface area contributed by atoms with Crippen LogP contribution in [0.5, 0.6) is 0 Å². The van der Waals surface area contributed by atoms with E-state index in [9.17, 15) is 14.4 Å². The third kappa shape index (κ3) is 8.41. The number of primary amides is 1. The highest BCUT2D eigenvalue weighted by Crippen LogP contribution is 1.90. The molecule has 0 bridgehead atoms. The molecule has 15 heavy (non-hydrogen) atoms. The third-order valence-corrected chi connectivity index (χ3v) is 1.33. The maximum absolute atomic E-state index is 10.8. The second kappa shape index (κ2) is 6.52. The molecule has 1 atom stereocenters. The molecule has 7 nitrogen and oxygen atoms in total. The summed E-state index contributed by atoms with van der Waals surface area (Å²) in [6, 6.07) is -1.34. The Morgan fingerprint density at radius 3 is 2.40 bits per heavy atom. The first kappa shape index (κ1) is 13.1. The number of nitrogens with one attached hydrogen (secondary N) is 2. The van der Waals surface area contributed by atoms with Gasteiger partial charge in [-0.25, -0.2) is 10.2 Å². The molecule has 4 N–H and O–H groups in total. The number of urea groups is 1. The summed E-state index contributed by atoms with van der Waals surface area (Å²) in [7, 11) is 0. The molecule has 0 radical (unpaired) electrons. The van der Waals surface area contributed by atoms with Crippen LogP contribution >= 0.6 is 0 Å². The van der Waals surface area contributed by atoms with E-state index in [1.807, 2.05) is 5.43 Å². The molecule has 0 aromatic carbocycles. The van der Waals surface area contributed by atoms with Crippen LogP contribution in [-0.4, -0.2) is 30.0 Å². The fourth-order valence-corrected chi connectivity index (χ4v) is 0.903. The van der Waals surface area contributed by atoms with Crippen molar-refractivity contribution in [2.75, 3.05) is 0 Å². The summed E-state index contributed by atoms with van der Waals surface area (Å²) < 4.78 is 0. The van der Waals surface area contributed by atoms with Crippen molar-refractivity contribution in [2.45, 2.75) is 26.3 Å². The number of hydrogen-bond donors (Lipinski definition) is 3. The summed E-state index contributed by atoms with van der Waals surface area (Å²) in [5, 5.41) is 5.94. The molecule has 0 aliphatic carbocycles. The summed E-state index contributed by atoms with van der Waals surface area (Å²) >= 11 is 0. The Morgan fingerprint density at radius 1 is 1.40 bits per heavy atom. The Balaban J connectivity index is 4.22. The van der Waals surface area contributed by atoms with Crippen LogP contribution in [0, 0.1) is 0 Å². The predicted octanol–water partition coefficient (Wildman–Crippen LogP) is -0.876. The van der Waals surface area contributed by atoms with Gasteiger partial charge in [-0.15, -0.1) is 0 Å². The van der Waals surface area contributed by atoms with Gasteiger partial charge in [-0.3, -0.25) is 9.59 Å². The van der Waals surface area contributed by atoms with Gasteiger partial charge in [-0.1, -0.05) is 0 Å². The minimum Gasteiger partial charge on any atom is -0.350 e. The summed E-state index contributed by atoms with van der Waals surface area (Å²) in [5.74, 6) is -0.383. The lowest BCUT2D eigenvalue weighted by molar-refractivity contribution is -0.120. The predicted molar refractivity (Wildman–Crippen MR) is 54.1 cm³/mol. The highest BCUT2D eigenvalue weighted by molar-refractivity contribution is 5.85. The summed E-state index contributed by atoms with van der Waals surface area (Å²) in [6.45, 7) is 2.71. The number of nitrogens with zero attached hydrogens (tertiary/aromatic N) is 1. The van der Waals surface area contributed by atoms with E-state index in [1.54, 1.807) is 0 Å². The molecule has 0 saturated carbocycles. The number of Topliss-reactive ketones (excluding diaryl/α,β-unsaturated/α-hetero) is 1. The summed E-state index contributed by atoms with van der Waals surface area (Å²) in [5.41, 5.74) is 6.73. The second-order valence-corrected chi connectivity index (χ2v) is 2.97. The quantitative estimate of drug-likeness (QED) is 0.408. The van der Waals surface area contributed by atoms with Crippen LogP contribution in [0.3, 0.4) is 0 Å². The first-order valence-corrected chi connectivity index (χ1v) is 4.27. The lowest BCUT2D eigenvalue weighted by Crippen LogP contribution is -2.36. The van der Waals surface area contributed by atoms with Gasteiger partial charge in [-0.2, -0.15) is 5.10 Å². The molecule has 0 rings (SSSR count). The van der Waals surface area contributed by atoms with E-state index >= 15 is 0 Å². The number of rotatable bonds is 5. The van der Waals surface area contributed by atoms with Gasteiger partial charge in [0.2, 0.25) is 5.91 Å². The molecule has 0 spiro atoms. The van der Waals surface area contributed by atoms with Gasteiger partial charge >= 0.3 is 6.03 Å². The average molecular weight is 214 g/mol. The molecule has 0 heterocycles. The number of ketones is 1. The van der Waals surface area contributed by atoms with Gasteiger partial charge < -0.3 is 11.1 Å². The molecule has 0 aromatic heterocycles. The van der Waals surface area contributed by atoms with Gasteiger partial charge in [-0.05, 0) is 6.92 Å². The van der Waals surface area contributed by atoms with E-state index < -0.39 is 12.1 Å². The molecule has 0 fully saturated rings. The van der Waals surface area contributed by atoms with E-state index in [2.05, 4.69) is 10.4 Å².